The van der Waals surface area contributed by atoms with Gasteiger partial charge in [0.1, 0.15) is 11.6 Å². The lowest BCUT2D eigenvalue weighted by atomic mass is 9.86. The predicted octanol–water partition coefficient (Wildman–Crippen LogP) is 11.3. The minimum atomic E-state index is 0. The Balaban J connectivity index is 0.000000155. The molecule has 0 bridgehead atoms. The van der Waals surface area contributed by atoms with Gasteiger partial charge in [-0.1, -0.05) is 105 Å². The molecule has 2 fully saturated rings. The smallest absolute Gasteiger partial charge is 0.111 e. The van der Waals surface area contributed by atoms with Gasteiger partial charge in [0.2, 0.25) is 0 Å². The second-order valence-corrected chi connectivity index (χ2v) is 17.3. The Morgan fingerprint density at radius 1 is 0.464 bits per heavy atom. The maximum Gasteiger partial charge on any atom is 0.111 e. The lowest BCUT2D eigenvalue weighted by Crippen LogP contribution is -2.39. The molecule has 2 saturated carbocycles. The van der Waals surface area contributed by atoms with Gasteiger partial charge in [-0.3, -0.25) is 9.80 Å². The number of fused-ring (bicyclic) bond motifs is 6. The van der Waals surface area contributed by atoms with E-state index in [4.69, 9.17) is 9.97 Å². The highest BCUT2D eigenvalue weighted by Crippen LogP contribution is 2.31. The van der Waals surface area contributed by atoms with Crippen molar-refractivity contribution >= 4 is 22.1 Å². The van der Waals surface area contributed by atoms with Crippen LogP contribution in [-0.2, 0) is 25.9 Å². The summed E-state index contributed by atoms with van der Waals surface area (Å²) in [5.41, 5.74) is 12.6. The molecule has 0 saturated heterocycles. The van der Waals surface area contributed by atoms with Crippen LogP contribution in [0.15, 0.2) is 84.9 Å². The quantitative estimate of drug-likeness (QED) is 0.180. The summed E-state index contributed by atoms with van der Waals surface area (Å²) in [7, 11) is 0. The summed E-state index contributed by atoms with van der Waals surface area (Å²) in [4.78, 5) is 15.6. The minimum absolute atomic E-state index is 0. The predicted molar refractivity (Wildman–Crippen MR) is 235 cm³/mol. The first-order chi connectivity index (χ1) is 26.9. The standard InChI is InChI=1S/C25H31N3.C24H29N3.CH4/c1-18-3-7-20(8-4-18)21-9-12-24-23(17-21)26-25-13-14-27(15-16-28(24)25)22-10-5-19(2)6-11-22;1-18-7-9-19(10-8-18)20-11-12-23-22(17-20)25-24-13-14-26(15-16-27(23)24)21-5-3-2-4-6-21;/h3-4,7-9,12,17,19,22H,5-6,10-11,13-16H2,1-2H3;7-12,17,21H,2-6,13-16H2,1H3;1H4. The SMILES string of the molecule is C.Cc1ccc(-c2ccc3c(c2)nc2n3CCN(C3CCC(C)CC3)CC2)cc1.Cc1ccc(-c2ccc3c(c2)nc2n3CCN(C3CCCCC3)CC2)cc1. The van der Waals surface area contributed by atoms with Crippen LogP contribution < -0.4 is 0 Å². The lowest BCUT2D eigenvalue weighted by Gasteiger charge is -2.35. The van der Waals surface area contributed by atoms with Crippen molar-refractivity contribution < 1.29 is 0 Å². The van der Waals surface area contributed by atoms with Gasteiger partial charge in [-0.25, -0.2) is 9.97 Å². The van der Waals surface area contributed by atoms with Crippen molar-refractivity contribution in [1.29, 1.82) is 0 Å². The Morgan fingerprint density at radius 2 is 0.893 bits per heavy atom. The fourth-order valence-electron chi connectivity index (χ4n) is 10.0. The fraction of sp³-hybridized carbons (Fsp3) is 0.480. The molecule has 4 aliphatic rings. The maximum absolute atomic E-state index is 5.04. The molecular weight excluding hydrogens is 685 g/mol. The van der Waals surface area contributed by atoms with E-state index in [1.165, 1.54) is 127 Å². The molecule has 0 spiro atoms. The van der Waals surface area contributed by atoms with Gasteiger partial charge in [-0.2, -0.15) is 0 Å². The second-order valence-electron chi connectivity index (χ2n) is 17.3. The monoisotopic (exact) mass is 749 g/mol. The number of hydrogen-bond acceptors (Lipinski definition) is 4. The molecule has 294 valence electrons. The van der Waals surface area contributed by atoms with Crippen molar-refractivity contribution in [2.24, 2.45) is 5.92 Å². The molecule has 0 radical (unpaired) electrons. The third-order valence-electron chi connectivity index (χ3n) is 13.5. The normalized spacial score (nSPS) is 21.0. The van der Waals surface area contributed by atoms with Gasteiger partial charge in [0.05, 0.1) is 22.1 Å². The van der Waals surface area contributed by atoms with Crippen molar-refractivity contribution in [2.75, 3.05) is 26.2 Å². The van der Waals surface area contributed by atoms with Crippen molar-refractivity contribution in [3.63, 3.8) is 0 Å². The molecular formula is C50H64N6. The minimum Gasteiger partial charge on any atom is -0.327 e. The molecule has 4 aromatic carbocycles. The van der Waals surface area contributed by atoms with E-state index in [0.717, 1.165) is 68.1 Å². The summed E-state index contributed by atoms with van der Waals surface area (Å²) in [6.07, 6.45) is 14.7. The van der Waals surface area contributed by atoms with E-state index in [9.17, 15) is 0 Å². The number of imidazole rings is 2. The zero-order chi connectivity index (χ0) is 37.3. The first-order valence-corrected chi connectivity index (χ1v) is 21.6. The van der Waals surface area contributed by atoms with Crippen LogP contribution in [0.1, 0.15) is 94.9 Å². The van der Waals surface area contributed by atoms with E-state index in [1.54, 1.807) is 0 Å². The Hall–Kier alpha value is -4.26. The number of hydrogen-bond donors (Lipinski definition) is 0. The van der Waals surface area contributed by atoms with Crippen molar-refractivity contribution in [1.82, 2.24) is 28.9 Å². The molecule has 6 heteroatoms. The zero-order valence-electron chi connectivity index (χ0n) is 33.5. The molecule has 6 aromatic rings. The fourth-order valence-corrected chi connectivity index (χ4v) is 10.0. The summed E-state index contributed by atoms with van der Waals surface area (Å²) in [6.45, 7) is 13.5. The molecule has 10 rings (SSSR count). The number of aryl methyl sites for hydroxylation is 2. The first-order valence-electron chi connectivity index (χ1n) is 21.6. The van der Waals surface area contributed by atoms with Crippen LogP contribution in [0, 0.1) is 19.8 Å². The summed E-state index contributed by atoms with van der Waals surface area (Å²) in [5.74, 6) is 3.46. The van der Waals surface area contributed by atoms with Crippen molar-refractivity contribution in [3.8, 4) is 22.3 Å². The van der Waals surface area contributed by atoms with Crippen molar-refractivity contribution in [2.45, 2.75) is 124 Å². The second kappa shape index (κ2) is 17.1. The van der Waals surface area contributed by atoms with Crippen LogP contribution in [-0.4, -0.2) is 67.2 Å². The van der Waals surface area contributed by atoms with E-state index in [0.29, 0.717) is 0 Å². The van der Waals surface area contributed by atoms with E-state index < -0.39 is 0 Å². The summed E-state index contributed by atoms with van der Waals surface area (Å²) >= 11 is 0. The Labute approximate surface area is 336 Å². The van der Waals surface area contributed by atoms with Gasteiger partial charge in [0.15, 0.2) is 0 Å². The zero-order valence-corrected chi connectivity index (χ0v) is 33.5. The molecule has 0 unspecified atom stereocenters. The Kier molecular flexibility index (Phi) is 11.8. The average molecular weight is 749 g/mol. The highest BCUT2D eigenvalue weighted by Gasteiger charge is 2.27. The largest absolute Gasteiger partial charge is 0.327 e. The number of nitrogens with zero attached hydrogens (tertiary/aromatic N) is 6. The van der Waals surface area contributed by atoms with Crippen LogP contribution in [0.5, 0.6) is 0 Å². The Morgan fingerprint density at radius 3 is 1.36 bits per heavy atom. The van der Waals surface area contributed by atoms with E-state index in [-0.39, 0.29) is 7.43 Å². The molecule has 0 amide bonds. The molecule has 56 heavy (non-hydrogen) atoms. The lowest BCUT2D eigenvalue weighted by molar-refractivity contribution is 0.142. The van der Waals surface area contributed by atoms with Gasteiger partial charge in [0, 0.05) is 64.2 Å². The summed E-state index contributed by atoms with van der Waals surface area (Å²) in [6, 6.07) is 32.8. The van der Waals surface area contributed by atoms with E-state index >= 15 is 0 Å². The molecule has 2 aliphatic heterocycles. The van der Waals surface area contributed by atoms with Crippen LogP contribution in [0.4, 0.5) is 0 Å². The van der Waals surface area contributed by atoms with Gasteiger partial charge in [0.25, 0.3) is 0 Å². The summed E-state index contributed by atoms with van der Waals surface area (Å²) < 4.78 is 4.94. The van der Waals surface area contributed by atoms with Crippen LogP contribution in [0.25, 0.3) is 44.3 Å². The van der Waals surface area contributed by atoms with Crippen molar-refractivity contribution in [3.05, 3.63) is 108 Å². The third kappa shape index (κ3) is 8.24. The molecule has 4 heterocycles. The average Bonchev–Trinajstić information content (AvgIpc) is 3.56. The van der Waals surface area contributed by atoms with Gasteiger partial charge >= 0.3 is 0 Å². The van der Waals surface area contributed by atoms with Crippen LogP contribution >= 0.6 is 0 Å². The first kappa shape index (κ1) is 38.6. The van der Waals surface area contributed by atoms with Crippen LogP contribution in [0.3, 0.4) is 0 Å². The number of aromatic nitrogens is 4. The molecule has 6 nitrogen and oxygen atoms in total. The topological polar surface area (TPSA) is 42.1 Å². The van der Waals surface area contributed by atoms with Gasteiger partial charge in [-0.15, -0.1) is 0 Å². The Bertz CT molecular complexity index is 2210. The van der Waals surface area contributed by atoms with Gasteiger partial charge < -0.3 is 9.13 Å². The maximum atomic E-state index is 5.04. The summed E-state index contributed by atoms with van der Waals surface area (Å²) in [5, 5.41) is 0. The molecule has 0 atom stereocenters. The molecule has 2 aromatic heterocycles. The van der Waals surface area contributed by atoms with Crippen LogP contribution in [0.2, 0.25) is 0 Å². The highest BCUT2D eigenvalue weighted by atomic mass is 15.2. The van der Waals surface area contributed by atoms with E-state index in [2.05, 4.69) is 125 Å². The number of rotatable bonds is 4. The van der Waals surface area contributed by atoms with E-state index in [1.807, 2.05) is 0 Å². The molecule has 0 N–H and O–H groups in total. The molecule has 2 aliphatic carbocycles. The number of benzene rings is 4. The third-order valence-corrected chi connectivity index (χ3v) is 13.5. The highest BCUT2D eigenvalue weighted by molar-refractivity contribution is 5.84. The van der Waals surface area contributed by atoms with Gasteiger partial charge in [-0.05, 0) is 105 Å².